The summed E-state index contributed by atoms with van der Waals surface area (Å²) in [5, 5.41) is 3.01. The van der Waals surface area contributed by atoms with E-state index in [1.54, 1.807) is 12.1 Å². The zero-order chi connectivity index (χ0) is 13.2. The Kier molecular flexibility index (Phi) is 4.02. The van der Waals surface area contributed by atoms with Crippen molar-refractivity contribution in [2.24, 2.45) is 5.73 Å². The van der Waals surface area contributed by atoms with Crippen molar-refractivity contribution in [3.05, 3.63) is 34.3 Å². The monoisotopic (exact) mass is 326 g/mol. The van der Waals surface area contributed by atoms with Crippen LogP contribution in [0.2, 0.25) is 0 Å². The maximum atomic E-state index is 12.2. The molecule has 0 radical (unpaired) electrons. The van der Waals surface area contributed by atoms with Crippen LogP contribution in [-0.4, -0.2) is 16.4 Å². The lowest BCUT2D eigenvalue weighted by atomic mass is 9.97. The molecule has 1 amide bonds. The van der Waals surface area contributed by atoms with Crippen molar-refractivity contribution in [1.82, 2.24) is 5.32 Å². The summed E-state index contributed by atoms with van der Waals surface area (Å²) >= 11 is 8.47. The van der Waals surface area contributed by atoms with E-state index in [4.69, 9.17) is 18.0 Å². The van der Waals surface area contributed by atoms with Crippen molar-refractivity contribution in [2.75, 3.05) is 0 Å². The highest BCUT2D eigenvalue weighted by Gasteiger charge is 2.38. The highest BCUT2D eigenvalue weighted by atomic mass is 79.9. The van der Waals surface area contributed by atoms with Gasteiger partial charge in [0.1, 0.15) is 0 Å². The molecule has 3 N–H and O–H groups in total. The van der Waals surface area contributed by atoms with E-state index in [1.807, 2.05) is 12.1 Å². The minimum Gasteiger partial charge on any atom is -0.391 e. The molecule has 0 spiro atoms. The Morgan fingerprint density at radius 1 is 1.39 bits per heavy atom. The maximum absolute atomic E-state index is 12.2. The van der Waals surface area contributed by atoms with Crippen LogP contribution in [0.5, 0.6) is 0 Å². The summed E-state index contributed by atoms with van der Waals surface area (Å²) in [5.41, 5.74) is 5.92. The van der Waals surface area contributed by atoms with Gasteiger partial charge in [0, 0.05) is 10.0 Å². The van der Waals surface area contributed by atoms with Gasteiger partial charge in [-0.15, -0.1) is 0 Å². The minimum atomic E-state index is -0.491. The van der Waals surface area contributed by atoms with E-state index < -0.39 is 5.54 Å². The Morgan fingerprint density at radius 2 is 2.06 bits per heavy atom. The van der Waals surface area contributed by atoms with E-state index in [2.05, 4.69) is 21.2 Å². The van der Waals surface area contributed by atoms with Crippen LogP contribution in [0.4, 0.5) is 0 Å². The average Bonchev–Trinajstić information content (AvgIpc) is 2.79. The average molecular weight is 327 g/mol. The molecule has 1 aromatic rings. The van der Waals surface area contributed by atoms with Crippen LogP contribution in [0.1, 0.15) is 36.0 Å². The lowest BCUT2D eigenvalue weighted by molar-refractivity contribution is 0.0924. The van der Waals surface area contributed by atoms with Gasteiger partial charge in [-0.05, 0) is 31.0 Å². The predicted molar refractivity (Wildman–Crippen MR) is 79.6 cm³/mol. The van der Waals surface area contributed by atoms with Crippen molar-refractivity contribution in [2.45, 2.75) is 31.2 Å². The number of amides is 1. The number of thiocarbonyl (C=S) groups is 1. The molecule has 3 nitrogen and oxygen atoms in total. The van der Waals surface area contributed by atoms with Gasteiger partial charge in [0.2, 0.25) is 0 Å². The third kappa shape index (κ3) is 2.72. The van der Waals surface area contributed by atoms with Crippen LogP contribution in [0.3, 0.4) is 0 Å². The van der Waals surface area contributed by atoms with Gasteiger partial charge in [0.05, 0.1) is 10.5 Å². The summed E-state index contributed by atoms with van der Waals surface area (Å²) in [7, 11) is 0. The molecule has 18 heavy (non-hydrogen) atoms. The standard InChI is InChI=1S/C13H15BrN2OS/c14-10-5-3-4-9(8-10)11(17)16-13(12(15)18)6-1-2-7-13/h3-5,8H,1-2,6-7H2,(H2,15,18)(H,16,17). The summed E-state index contributed by atoms with van der Waals surface area (Å²) < 4.78 is 0.881. The van der Waals surface area contributed by atoms with Crippen molar-refractivity contribution >= 4 is 39.0 Å². The Bertz CT molecular complexity index is 484. The van der Waals surface area contributed by atoms with Gasteiger partial charge in [0.25, 0.3) is 5.91 Å². The van der Waals surface area contributed by atoms with Crippen LogP contribution in [-0.2, 0) is 0 Å². The topological polar surface area (TPSA) is 55.1 Å². The van der Waals surface area contributed by atoms with Crippen LogP contribution < -0.4 is 11.1 Å². The molecule has 1 aliphatic rings. The first-order chi connectivity index (χ1) is 8.53. The molecule has 1 saturated carbocycles. The fourth-order valence-electron chi connectivity index (χ4n) is 2.33. The molecule has 0 atom stereocenters. The van der Waals surface area contributed by atoms with Crippen LogP contribution in [0, 0.1) is 0 Å². The molecule has 0 unspecified atom stereocenters. The number of carbonyl (C=O) groups excluding carboxylic acids is 1. The minimum absolute atomic E-state index is 0.119. The molecule has 0 bridgehead atoms. The second-order valence-corrected chi connectivity index (χ2v) is 5.97. The first-order valence-corrected chi connectivity index (χ1v) is 7.12. The Balaban J connectivity index is 2.18. The van der Waals surface area contributed by atoms with Crippen LogP contribution in [0.25, 0.3) is 0 Å². The second-order valence-electron chi connectivity index (χ2n) is 4.62. The zero-order valence-corrected chi connectivity index (χ0v) is 12.3. The van der Waals surface area contributed by atoms with E-state index >= 15 is 0 Å². The van der Waals surface area contributed by atoms with E-state index in [-0.39, 0.29) is 5.91 Å². The molecular formula is C13H15BrN2OS. The highest BCUT2D eigenvalue weighted by molar-refractivity contribution is 9.10. The first-order valence-electron chi connectivity index (χ1n) is 5.91. The van der Waals surface area contributed by atoms with Crippen molar-refractivity contribution < 1.29 is 4.79 Å². The number of hydrogen-bond acceptors (Lipinski definition) is 2. The summed E-state index contributed by atoms with van der Waals surface area (Å²) in [4.78, 5) is 12.6. The molecular weight excluding hydrogens is 312 g/mol. The Hall–Kier alpha value is -0.940. The summed E-state index contributed by atoms with van der Waals surface area (Å²) in [6.45, 7) is 0. The SMILES string of the molecule is NC(=S)C1(NC(=O)c2cccc(Br)c2)CCCC1. The molecule has 0 aromatic heterocycles. The van der Waals surface area contributed by atoms with Gasteiger partial charge >= 0.3 is 0 Å². The van der Waals surface area contributed by atoms with E-state index in [1.165, 1.54) is 0 Å². The lowest BCUT2D eigenvalue weighted by Gasteiger charge is -2.29. The van der Waals surface area contributed by atoms with Gasteiger partial charge in [-0.1, -0.05) is 47.1 Å². The molecule has 0 heterocycles. The fraction of sp³-hybridized carbons (Fsp3) is 0.385. The van der Waals surface area contributed by atoms with Gasteiger partial charge in [-0.2, -0.15) is 0 Å². The molecule has 0 aliphatic heterocycles. The number of nitrogens with two attached hydrogens (primary N) is 1. The van der Waals surface area contributed by atoms with E-state index in [9.17, 15) is 4.79 Å². The zero-order valence-electron chi connectivity index (χ0n) is 9.91. The highest BCUT2D eigenvalue weighted by Crippen LogP contribution is 2.30. The largest absolute Gasteiger partial charge is 0.391 e. The molecule has 1 fully saturated rings. The van der Waals surface area contributed by atoms with Crippen molar-refractivity contribution in [3.63, 3.8) is 0 Å². The predicted octanol–water partition coefficient (Wildman–Crippen LogP) is 2.78. The smallest absolute Gasteiger partial charge is 0.252 e. The normalized spacial score (nSPS) is 17.4. The molecule has 96 valence electrons. The Morgan fingerprint density at radius 3 is 2.61 bits per heavy atom. The van der Waals surface area contributed by atoms with Gasteiger partial charge in [-0.25, -0.2) is 0 Å². The fourth-order valence-corrected chi connectivity index (χ4v) is 2.99. The molecule has 1 aromatic carbocycles. The first kappa shape index (κ1) is 13.5. The third-order valence-corrected chi connectivity index (χ3v) is 4.25. The molecule has 5 heteroatoms. The summed E-state index contributed by atoms with van der Waals surface area (Å²) in [5.74, 6) is -0.119. The number of carbonyl (C=O) groups is 1. The van der Waals surface area contributed by atoms with E-state index in [0.29, 0.717) is 10.6 Å². The molecule has 0 saturated heterocycles. The summed E-state index contributed by atoms with van der Waals surface area (Å²) in [6, 6.07) is 7.29. The number of hydrogen-bond donors (Lipinski definition) is 2. The number of benzene rings is 1. The number of nitrogens with one attached hydrogen (secondary N) is 1. The molecule has 1 aliphatic carbocycles. The number of rotatable bonds is 3. The molecule has 2 rings (SSSR count). The summed E-state index contributed by atoms with van der Waals surface area (Å²) in [6.07, 6.45) is 3.77. The van der Waals surface area contributed by atoms with Gasteiger partial charge in [-0.3, -0.25) is 4.79 Å². The Labute approximate surface area is 120 Å². The van der Waals surface area contributed by atoms with Crippen molar-refractivity contribution in [3.8, 4) is 0 Å². The quantitative estimate of drug-likeness (QED) is 0.840. The van der Waals surface area contributed by atoms with Crippen LogP contribution in [0.15, 0.2) is 28.7 Å². The van der Waals surface area contributed by atoms with Crippen LogP contribution >= 0.6 is 28.1 Å². The van der Waals surface area contributed by atoms with Gasteiger partial charge < -0.3 is 11.1 Å². The number of halogens is 1. The lowest BCUT2D eigenvalue weighted by Crippen LogP contribution is -2.54. The van der Waals surface area contributed by atoms with Crippen molar-refractivity contribution in [1.29, 1.82) is 0 Å². The van der Waals surface area contributed by atoms with Gasteiger partial charge in [0.15, 0.2) is 0 Å². The second kappa shape index (κ2) is 5.36. The van der Waals surface area contributed by atoms with E-state index in [0.717, 1.165) is 30.2 Å². The maximum Gasteiger partial charge on any atom is 0.252 e. The third-order valence-electron chi connectivity index (χ3n) is 3.37.